The zero-order valence-corrected chi connectivity index (χ0v) is 62.7. The average molecular weight is 1370 g/mol. The van der Waals surface area contributed by atoms with Crippen molar-refractivity contribution in [3.63, 3.8) is 0 Å². The molecule has 3 unspecified atom stereocenters. The van der Waals surface area contributed by atoms with Crippen LogP contribution in [0.4, 0.5) is 0 Å². The van der Waals surface area contributed by atoms with Crippen LogP contribution < -0.4 is 0 Å². The van der Waals surface area contributed by atoms with E-state index in [1.165, 1.54) is 167 Å². The normalized spacial score (nSPS) is 14.5. The van der Waals surface area contributed by atoms with Gasteiger partial charge in [-0.05, 0) is 49.4 Å². The number of hydrogen-bond donors (Lipinski definition) is 3. The molecule has 0 saturated heterocycles. The molecule has 552 valence electrons. The predicted octanol–water partition coefficient (Wildman–Crippen LogP) is 21.3. The maximum Gasteiger partial charge on any atom is 0.472 e. The Morgan fingerprint density at radius 1 is 0.301 bits per heavy atom. The highest BCUT2D eigenvalue weighted by Crippen LogP contribution is 2.45. The molecule has 0 radical (unpaired) electrons. The number of rotatable bonds is 71. The lowest BCUT2D eigenvalue weighted by atomic mass is 10.00. The number of aliphatic hydroxyl groups excluding tert-OH is 1. The minimum Gasteiger partial charge on any atom is -0.462 e. The molecule has 0 aliphatic heterocycles. The summed E-state index contributed by atoms with van der Waals surface area (Å²) in [7, 11) is -9.91. The molecular formula is C74H144O17P2. The lowest BCUT2D eigenvalue weighted by Crippen LogP contribution is -2.30. The van der Waals surface area contributed by atoms with E-state index in [0.717, 1.165) is 120 Å². The monoisotopic (exact) mass is 1370 g/mol. The second kappa shape index (κ2) is 63.5. The van der Waals surface area contributed by atoms with Crippen molar-refractivity contribution in [1.82, 2.24) is 0 Å². The summed E-state index contributed by atoms with van der Waals surface area (Å²) >= 11 is 0. The van der Waals surface area contributed by atoms with E-state index in [4.69, 9.17) is 37.0 Å². The lowest BCUT2D eigenvalue weighted by molar-refractivity contribution is -0.161. The molecule has 93 heavy (non-hydrogen) atoms. The molecule has 19 heteroatoms. The number of unbranched alkanes of at least 4 members (excludes halogenated alkanes) is 36. The van der Waals surface area contributed by atoms with Crippen LogP contribution in [0, 0.1) is 23.7 Å². The van der Waals surface area contributed by atoms with Crippen molar-refractivity contribution in [3.8, 4) is 0 Å². The molecule has 0 amide bonds. The molecule has 0 fully saturated rings. The number of hydrogen-bond acceptors (Lipinski definition) is 15. The van der Waals surface area contributed by atoms with Crippen molar-refractivity contribution < 1.29 is 80.2 Å². The first kappa shape index (κ1) is 91.1. The fraction of sp³-hybridized carbons (Fsp3) is 0.946. The Kier molecular flexibility index (Phi) is 62.2. The second-order valence-corrected chi connectivity index (χ2v) is 31.3. The van der Waals surface area contributed by atoms with E-state index in [0.29, 0.717) is 25.7 Å². The van der Waals surface area contributed by atoms with Gasteiger partial charge in [0.05, 0.1) is 26.4 Å². The van der Waals surface area contributed by atoms with E-state index in [1.54, 1.807) is 0 Å². The summed E-state index contributed by atoms with van der Waals surface area (Å²) in [5.74, 6) is 0.900. The van der Waals surface area contributed by atoms with Crippen molar-refractivity contribution in [2.75, 3.05) is 39.6 Å². The number of phosphoric ester groups is 2. The zero-order chi connectivity index (χ0) is 68.9. The molecular weight excluding hydrogens is 1220 g/mol. The molecule has 0 aromatic heterocycles. The molecule has 0 spiro atoms. The summed E-state index contributed by atoms with van der Waals surface area (Å²) in [6.07, 6.45) is 47.3. The molecule has 0 aromatic rings. The third-order valence-corrected chi connectivity index (χ3v) is 19.3. The van der Waals surface area contributed by atoms with Gasteiger partial charge in [-0.15, -0.1) is 0 Å². The minimum absolute atomic E-state index is 0.105. The molecule has 0 heterocycles. The van der Waals surface area contributed by atoms with E-state index >= 15 is 0 Å². The van der Waals surface area contributed by atoms with Gasteiger partial charge in [0.2, 0.25) is 0 Å². The predicted molar refractivity (Wildman–Crippen MR) is 377 cm³/mol. The molecule has 0 aliphatic carbocycles. The van der Waals surface area contributed by atoms with Gasteiger partial charge in [0.25, 0.3) is 0 Å². The van der Waals surface area contributed by atoms with Crippen LogP contribution in [0.1, 0.15) is 370 Å². The van der Waals surface area contributed by atoms with E-state index in [2.05, 4.69) is 55.4 Å². The van der Waals surface area contributed by atoms with Crippen LogP contribution >= 0.6 is 15.6 Å². The maximum absolute atomic E-state index is 13.1. The van der Waals surface area contributed by atoms with Crippen LogP contribution in [0.2, 0.25) is 0 Å². The first-order chi connectivity index (χ1) is 44.6. The van der Waals surface area contributed by atoms with E-state index in [1.807, 2.05) is 0 Å². The molecule has 0 aliphatic rings. The fourth-order valence-electron chi connectivity index (χ4n) is 11.2. The van der Waals surface area contributed by atoms with Gasteiger partial charge in [-0.3, -0.25) is 37.3 Å². The molecule has 6 atom stereocenters. The summed E-state index contributed by atoms with van der Waals surface area (Å²) in [4.78, 5) is 72.7. The number of carbonyl (C=O) groups excluding carboxylic acids is 4. The summed E-state index contributed by atoms with van der Waals surface area (Å²) in [5.41, 5.74) is 0. The van der Waals surface area contributed by atoms with Crippen LogP contribution in [-0.4, -0.2) is 96.7 Å². The number of ether oxygens (including phenoxy) is 4. The van der Waals surface area contributed by atoms with Gasteiger partial charge in [-0.1, -0.05) is 319 Å². The highest BCUT2D eigenvalue weighted by Gasteiger charge is 2.30. The molecule has 0 aromatic carbocycles. The summed E-state index contributed by atoms with van der Waals surface area (Å²) < 4.78 is 68.4. The number of carbonyl (C=O) groups is 4. The zero-order valence-electron chi connectivity index (χ0n) is 60.9. The van der Waals surface area contributed by atoms with Crippen molar-refractivity contribution in [1.29, 1.82) is 0 Å². The summed E-state index contributed by atoms with van der Waals surface area (Å²) in [6, 6.07) is 0. The fourth-order valence-corrected chi connectivity index (χ4v) is 12.7. The van der Waals surface area contributed by atoms with Gasteiger partial charge < -0.3 is 33.8 Å². The molecule has 17 nitrogen and oxygen atoms in total. The minimum atomic E-state index is -4.96. The second-order valence-electron chi connectivity index (χ2n) is 28.4. The largest absolute Gasteiger partial charge is 0.472 e. The average Bonchev–Trinajstić information content (AvgIpc) is 1.68. The lowest BCUT2D eigenvalue weighted by Gasteiger charge is -2.21. The van der Waals surface area contributed by atoms with Crippen molar-refractivity contribution in [2.24, 2.45) is 23.7 Å². The van der Waals surface area contributed by atoms with Gasteiger partial charge >= 0.3 is 39.5 Å². The smallest absolute Gasteiger partial charge is 0.462 e. The quantitative estimate of drug-likeness (QED) is 0.0222. The van der Waals surface area contributed by atoms with Gasteiger partial charge in [-0.2, -0.15) is 0 Å². The summed E-state index contributed by atoms with van der Waals surface area (Å²) in [5, 5.41) is 10.6. The summed E-state index contributed by atoms with van der Waals surface area (Å²) in [6.45, 7) is 14.1. The van der Waals surface area contributed by atoms with Crippen LogP contribution in [0.3, 0.4) is 0 Å². The van der Waals surface area contributed by atoms with Crippen LogP contribution in [0.15, 0.2) is 0 Å². The molecule has 0 saturated carbocycles. The van der Waals surface area contributed by atoms with E-state index in [9.17, 15) is 43.2 Å². The van der Waals surface area contributed by atoms with Gasteiger partial charge in [0.1, 0.15) is 19.3 Å². The van der Waals surface area contributed by atoms with Gasteiger partial charge in [0.15, 0.2) is 12.2 Å². The van der Waals surface area contributed by atoms with Crippen molar-refractivity contribution in [2.45, 2.75) is 388 Å². The van der Waals surface area contributed by atoms with E-state index in [-0.39, 0.29) is 25.7 Å². The standard InChI is InChI=1S/C74H144O17P2/c1-9-67(8)53-45-37-32-33-39-47-55-72(77)85-61-70(91-73(78)56-48-40-30-24-18-17-21-27-35-43-51-65(4)5)63-89-93(82,83)87-59-68(75)58-86-92(80,81)88-62-69(90-74(79)57-49-41-31-25-19-22-28-36-44-52-66(6)7)60-84-71(76)54-46-38-29-23-16-14-12-10-11-13-15-20-26-34-42-50-64(2)3/h64-70,75H,9-63H2,1-8H3,(H,80,81)(H,82,83)/t67?,68-,69-,70-/m1/s1. The van der Waals surface area contributed by atoms with Crippen molar-refractivity contribution >= 4 is 39.5 Å². The van der Waals surface area contributed by atoms with Gasteiger partial charge in [0, 0.05) is 25.7 Å². The first-order valence-electron chi connectivity index (χ1n) is 38.2. The molecule has 0 rings (SSSR count). The van der Waals surface area contributed by atoms with E-state index < -0.39 is 97.5 Å². The third kappa shape index (κ3) is 67.0. The Bertz CT molecular complexity index is 1840. The van der Waals surface area contributed by atoms with Crippen molar-refractivity contribution in [3.05, 3.63) is 0 Å². The Hall–Kier alpha value is -1.94. The Morgan fingerprint density at radius 2 is 0.516 bits per heavy atom. The van der Waals surface area contributed by atoms with Crippen LogP contribution in [0.5, 0.6) is 0 Å². The Morgan fingerprint density at radius 3 is 0.763 bits per heavy atom. The Labute approximate surface area is 568 Å². The Balaban J connectivity index is 5.22. The first-order valence-corrected chi connectivity index (χ1v) is 41.2. The van der Waals surface area contributed by atoms with Gasteiger partial charge in [-0.25, -0.2) is 9.13 Å². The molecule has 0 bridgehead atoms. The highest BCUT2D eigenvalue weighted by atomic mass is 31.2. The number of phosphoric acid groups is 2. The highest BCUT2D eigenvalue weighted by molar-refractivity contribution is 7.47. The maximum atomic E-state index is 13.1. The number of esters is 4. The molecule has 3 N–H and O–H groups in total. The topological polar surface area (TPSA) is 237 Å². The number of aliphatic hydroxyl groups is 1. The van der Waals surface area contributed by atoms with Crippen LogP contribution in [-0.2, 0) is 65.4 Å². The SMILES string of the molecule is CCC(C)CCCCCCCCC(=O)OC[C@H](COP(=O)(O)OC[C@H](O)COP(=O)(O)OC[C@@H](COC(=O)CCCCCCCCCCCCCCCCCC(C)C)OC(=O)CCCCCCCCCCCC(C)C)OC(=O)CCCCCCCCCCCCC(C)C. The van der Waals surface area contributed by atoms with Crippen LogP contribution in [0.25, 0.3) is 0 Å². The third-order valence-electron chi connectivity index (χ3n) is 17.4.